The molecule has 3 nitrogen and oxygen atoms in total. The second-order valence-electron chi connectivity index (χ2n) is 4.36. The minimum atomic E-state index is 0.231. The molecule has 1 fully saturated rings. The van der Waals surface area contributed by atoms with Crippen LogP contribution in [0.5, 0.6) is 0 Å². The van der Waals surface area contributed by atoms with Crippen molar-refractivity contribution >= 4 is 17.7 Å². The lowest BCUT2D eigenvalue weighted by Gasteiger charge is -2.29. The highest BCUT2D eigenvalue weighted by Gasteiger charge is 2.21. The number of carbonyl (C=O) groups excluding carboxylic acids is 1. The lowest BCUT2D eigenvalue weighted by Crippen LogP contribution is -2.44. The molecule has 0 aliphatic carbocycles. The van der Waals surface area contributed by atoms with Crippen LogP contribution in [0.15, 0.2) is 12.7 Å². The summed E-state index contributed by atoms with van der Waals surface area (Å²) < 4.78 is 0. The van der Waals surface area contributed by atoms with Gasteiger partial charge in [-0.25, -0.2) is 0 Å². The molecule has 4 heteroatoms. The quantitative estimate of drug-likeness (QED) is 0.742. The molecule has 1 aliphatic rings. The zero-order chi connectivity index (χ0) is 12.0. The summed E-state index contributed by atoms with van der Waals surface area (Å²) in [6.07, 6.45) is 2.40. The first-order valence-corrected chi connectivity index (χ1v) is 7.02. The van der Waals surface area contributed by atoms with E-state index in [2.05, 4.69) is 11.9 Å². The van der Waals surface area contributed by atoms with E-state index < -0.39 is 0 Å². The minimum absolute atomic E-state index is 0.231. The molecule has 0 aromatic carbocycles. The number of thioether (sulfide) groups is 1. The van der Waals surface area contributed by atoms with Crippen LogP contribution in [0.1, 0.15) is 20.3 Å². The molecular weight excluding hydrogens is 220 g/mol. The Hall–Kier alpha value is -0.480. The average Bonchev–Trinajstić information content (AvgIpc) is 2.26. The molecule has 0 spiro atoms. The molecule has 0 saturated carbocycles. The van der Waals surface area contributed by atoms with E-state index in [1.165, 1.54) is 0 Å². The smallest absolute Gasteiger partial charge is 0.224 e. The van der Waals surface area contributed by atoms with Crippen molar-refractivity contribution in [2.45, 2.75) is 32.4 Å². The molecule has 1 unspecified atom stereocenters. The Morgan fingerprint density at radius 2 is 2.44 bits per heavy atom. The third-order valence-corrected chi connectivity index (χ3v) is 3.82. The van der Waals surface area contributed by atoms with E-state index in [9.17, 15) is 4.79 Å². The van der Waals surface area contributed by atoms with E-state index in [-0.39, 0.29) is 11.9 Å². The predicted octanol–water partition coefficient (Wildman–Crippen LogP) is 1.50. The topological polar surface area (TPSA) is 32.3 Å². The Bertz CT molecular complexity index is 237. The first-order chi connectivity index (χ1) is 7.65. The van der Waals surface area contributed by atoms with Crippen LogP contribution in [0.2, 0.25) is 0 Å². The second-order valence-corrected chi connectivity index (χ2v) is 5.51. The van der Waals surface area contributed by atoms with Gasteiger partial charge in [0.1, 0.15) is 0 Å². The van der Waals surface area contributed by atoms with Crippen LogP contribution in [0.25, 0.3) is 0 Å². The van der Waals surface area contributed by atoms with Crippen molar-refractivity contribution in [2.24, 2.45) is 0 Å². The number of rotatable bonds is 5. The summed E-state index contributed by atoms with van der Waals surface area (Å²) >= 11 is 1.93. The molecule has 0 aromatic rings. The van der Waals surface area contributed by atoms with E-state index in [1.807, 2.05) is 30.5 Å². The number of amides is 1. The third-order valence-electron chi connectivity index (χ3n) is 2.69. The van der Waals surface area contributed by atoms with Crippen molar-refractivity contribution in [3.05, 3.63) is 12.7 Å². The van der Waals surface area contributed by atoms with Gasteiger partial charge in [0, 0.05) is 43.1 Å². The van der Waals surface area contributed by atoms with Gasteiger partial charge in [0.05, 0.1) is 0 Å². The summed E-state index contributed by atoms with van der Waals surface area (Å²) in [6.45, 7) is 9.46. The Labute approximate surface area is 103 Å². The fraction of sp³-hybridized carbons (Fsp3) is 0.750. The molecule has 1 N–H and O–H groups in total. The maximum absolute atomic E-state index is 12.1. The highest BCUT2D eigenvalue weighted by Crippen LogP contribution is 2.12. The number of nitrogens with one attached hydrogen (secondary N) is 1. The van der Waals surface area contributed by atoms with Crippen LogP contribution in [0.4, 0.5) is 0 Å². The fourth-order valence-corrected chi connectivity index (χ4v) is 2.77. The first-order valence-electron chi connectivity index (χ1n) is 5.86. The van der Waals surface area contributed by atoms with E-state index in [4.69, 9.17) is 0 Å². The molecule has 0 aromatic heterocycles. The standard InChI is InChI=1S/C12H22N2OS/c1-4-6-14(10(2)3)12(15)8-11-9-16-7-5-13-11/h4,10-11,13H,1,5-9H2,2-3H3. The Morgan fingerprint density at radius 3 is 2.94 bits per heavy atom. The van der Waals surface area contributed by atoms with Crippen molar-refractivity contribution in [1.29, 1.82) is 0 Å². The van der Waals surface area contributed by atoms with Gasteiger partial charge < -0.3 is 10.2 Å². The predicted molar refractivity (Wildman–Crippen MR) is 70.8 cm³/mol. The molecule has 0 bridgehead atoms. The summed E-state index contributed by atoms with van der Waals surface area (Å²) in [5.41, 5.74) is 0. The van der Waals surface area contributed by atoms with Crippen LogP contribution in [0.3, 0.4) is 0 Å². The SMILES string of the molecule is C=CCN(C(=O)CC1CSCCN1)C(C)C. The highest BCUT2D eigenvalue weighted by atomic mass is 32.2. The largest absolute Gasteiger partial charge is 0.337 e. The third kappa shape index (κ3) is 4.18. The molecule has 1 aliphatic heterocycles. The molecule has 1 rings (SSSR count). The van der Waals surface area contributed by atoms with Crippen LogP contribution in [0, 0.1) is 0 Å². The molecule has 16 heavy (non-hydrogen) atoms. The second kappa shape index (κ2) is 6.97. The van der Waals surface area contributed by atoms with Gasteiger partial charge in [-0.15, -0.1) is 6.58 Å². The summed E-state index contributed by atoms with van der Waals surface area (Å²) in [6, 6.07) is 0.596. The van der Waals surface area contributed by atoms with E-state index in [0.717, 1.165) is 18.1 Å². The monoisotopic (exact) mass is 242 g/mol. The lowest BCUT2D eigenvalue weighted by molar-refractivity contribution is -0.132. The van der Waals surface area contributed by atoms with Gasteiger partial charge >= 0.3 is 0 Å². The summed E-state index contributed by atoms with van der Waals surface area (Å²) in [5.74, 6) is 2.44. The molecule has 92 valence electrons. The Morgan fingerprint density at radius 1 is 1.69 bits per heavy atom. The maximum Gasteiger partial charge on any atom is 0.224 e. The van der Waals surface area contributed by atoms with Gasteiger partial charge in [0.15, 0.2) is 0 Å². The highest BCUT2D eigenvalue weighted by molar-refractivity contribution is 7.99. The van der Waals surface area contributed by atoms with Gasteiger partial charge in [0.2, 0.25) is 5.91 Å². The van der Waals surface area contributed by atoms with Crippen LogP contribution < -0.4 is 5.32 Å². The number of hydrogen-bond donors (Lipinski definition) is 1. The molecule has 0 radical (unpaired) electrons. The van der Waals surface area contributed by atoms with Gasteiger partial charge in [-0.2, -0.15) is 11.8 Å². The van der Waals surface area contributed by atoms with Crippen molar-refractivity contribution < 1.29 is 4.79 Å². The number of hydrogen-bond acceptors (Lipinski definition) is 3. The fourth-order valence-electron chi connectivity index (χ4n) is 1.82. The number of nitrogens with zero attached hydrogens (tertiary/aromatic N) is 1. The lowest BCUT2D eigenvalue weighted by atomic mass is 10.2. The zero-order valence-corrected chi connectivity index (χ0v) is 11.1. The van der Waals surface area contributed by atoms with E-state index in [1.54, 1.807) is 6.08 Å². The molecular formula is C12H22N2OS. The van der Waals surface area contributed by atoms with Crippen LogP contribution in [-0.4, -0.2) is 47.5 Å². The summed E-state index contributed by atoms with van der Waals surface area (Å²) in [4.78, 5) is 14.0. The molecule has 1 heterocycles. The normalized spacial score (nSPS) is 20.8. The van der Waals surface area contributed by atoms with Crippen LogP contribution in [-0.2, 0) is 4.79 Å². The van der Waals surface area contributed by atoms with Gasteiger partial charge in [-0.1, -0.05) is 6.08 Å². The maximum atomic E-state index is 12.1. The van der Waals surface area contributed by atoms with Crippen LogP contribution >= 0.6 is 11.8 Å². The van der Waals surface area contributed by atoms with Gasteiger partial charge in [-0.05, 0) is 13.8 Å². The summed E-state index contributed by atoms with van der Waals surface area (Å²) in [7, 11) is 0. The van der Waals surface area contributed by atoms with Crippen molar-refractivity contribution in [3.63, 3.8) is 0 Å². The molecule has 1 atom stereocenters. The zero-order valence-electron chi connectivity index (χ0n) is 10.2. The first kappa shape index (κ1) is 13.6. The summed E-state index contributed by atoms with van der Waals surface area (Å²) in [5, 5.41) is 3.39. The van der Waals surface area contributed by atoms with Crippen molar-refractivity contribution in [3.8, 4) is 0 Å². The van der Waals surface area contributed by atoms with Gasteiger partial charge in [-0.3, -0.25) is 4.79 Å². The van der Waals surface area contributed by atoms with Crippen molar-refractivity contribution in [2.75, 3.05) is 24.6 Å². The minimum Gasteiger partial charge on any atom is -0.337 e. The van der Waals surface area contributed by atoms with Gasteiger partial charge in [0.25, 0.3) is 0 Å². The number of carbonyl (C=O) groups is 1. The van der Waals surface area contributed by atoms with E-state index in [0.29, 0.717) is 19.0 Å². The molecule has 1 saturated heterocycles. The molecule has 1 amide bonds. The Balaban J connectivity index is 2.43. The van der Waals surface area contributed by atoms with E-state index >= 15 is 0 Å². The van der Waals surface area contributed by atoms with Crippen molar-refractivity contribution in [1.82, 2.24) is 10.2 Å². The average molecular weight is 242 g/mol. The Kier molecular flexibility index (Phi) is 5.91.